The van der Waals surface area contributed by atoms with Crippen LogP contribution in [0.2, 0.25) is 0 Å². The van der Waals surface area contributed by atoms with Crippen molar-refractivity contribution in [3.05, 3.63) is 29.8 Å². The van der Waals surface area contributed by atoms with Gasteiger partial charge in [-0.2, -0.15) is 0 Å². The molecule has 0 bridgehead atoms. The Morgan fingerprint density at radius 1 is 1.30 bits per heavy atom. The molecule has 0 amide bonds. The number of methoxy groups -OCH3 is 1. The van der Waals surface area contributed by atoms with Gasteiger partial charge in [-0.3, -0.25) is 4.99 Å². The summed E-state index contributed by atoms with van der Waals surface area (Å²) in [6, 6.07) is 9.22. The highest BCUT2D eigenvalue weighted by atomic mass is 127. The quantitative estimate of drug-likeness (QED) is 0.242. The highest BCUT2D eigenvalue weighted by molar-refractivity contribution is 14.0. The molecule has 6 nitrogen and oxygen atoms in total. The Labute approximate surface area is 181 Å². The predicted molar refractivity (Wildman–Crippen MR) is 126 cm³/mol. The second kappa shape index (κ2) is 13.2. The van der Waals surface area contributed by atoms with E-state index >= 15 is 0 Å². The Morgan fingerprint density at radius 2 is 2.04 bits per heavy atom. The van der Waals surface area contributed by atoms with Gasteiger partial charge in [-0.1, -0.05) is 17.7 Å². The number of anilines is 1. The Hall–Kier alpha value is -1.06. The van der Waals surface area contributed by atoms with Crippen molar-refractivity contribution in [2.75, 3.05) is 65.4 Å². The summed E-state index contributed by atoms with van der Waals surface area (Å²) in [4.78, 5) is 9.10. The minimum Gasteiger partial charge on any atom is -0.383 e. The van der Waals surface area contributed by atoms with E-state index in [1.165, 1.54) is 11.3 Å². The van der Waals surface area contributed by atoms with E-state index in [4.69, 9.17) is 4.74 Å². The molecule has 1 unspecified atom stereocenters. The zero-order valence-electron chi connectivity index (χ0n) is 17.2. The monoisotopic (exact) mass is 489 g/mol. The van der Waals surface area contributed by atoms with Crippen molar-refractivity contribution in [3.8, 4) is 0 Å². The van der Waals surface area contributed by atoms with Crippen LogP contribution in [0.25, 0.3) is 0 Å². The average Bonchev–Trinajstić information content (AvgIpc) is 3.11. The maximum atomic E-state index is 5.10. The smallest absolute Gasteiger partial charge is 0.191 e. The van der Waals surface area contributed by atoms with E-state index in [0.717, 1.165) is 58.1 Å². The van der Waals surface area contributed by atoms with Gasteiger partial charge < -0.3 is 25.2 Å². The molecule has 1 heterocycles. The molecule has 0 radical (unpaired) electrons. The number of hydrogen-bond donors (Lipinski definition) is 2. The van der Waals surface area contributed by atoms with Gasteiger partial charge in [0.25, 0.3) is 0 Å². The van der Waals surface area contributed by atoms with Gasteiger partial charge in [0.2, 0.25) is 0 Å². The van der Waals surface area contributed by atoms with Gasteiger partial charge in [0.15, 0.2) is 5.96 Å². The fourth-order valence-corrected chi connectivity index (χ4v) is 3.17. The number of hydrogen-bond acceptors (Lipinski definition) is 4. The minimum atomic E-state index is 0. The Morgan fingerprint density at radius 3 is 2.70 bits per heavy atom. The van der Waals surface area contributed by atoms with E-state index in [0.29, 0.717) is 6.04 Å². The summed E-state index contributed by atoms with van der Waals surface area (Å²) < 4.78 is 5.10. The normalized spacial score (nSPS) is 17.1. The largest absolute Gasteiger partial charge is 0.383 e. The standard InChI is InChI=1S/C20H35N5O.HI/c1-17-6-8-19(9-7-17)25-13-10-18(16-25)23-20(21-2)22-11-5-12-24(3)14-15-26-4;/h6-9,18H,5,10-16H2,1-4H3,(H2,21,22,23);1H. The molecule has 27 heavy (non-hydrogen) atoms. The number of ether oxygens (including phenoxy) is 1. The van der Waals surface area contributed by atoms with Crippen molar-refractivity contribution < 1.29 is 4.74 Å². The Bertz CT molecular complexity index is 552. The summed E-state index contributed by atoms with van der Waals surface area (Å²) in [5, 5.41) is 7.00. The molecule has 1 fully saturated rings. The Balaban J connectivity index is 0.00000364. The van der Waals surface area contributed by atoms with Gasteiger partial charge in [-0.15, -0.1) is 24.0 Å². The summed E-state index contributed by atoms with van der Waals surface area (Å²) in [5.74, 6) is 0.903. The number of nitrogens with one attached hydrogen (secondary N) is 2. The molecule has 0 spiro atoms. The van der Waals surface area contributed by atoms with Gasteiger partial charge in [-0.25, -0.2) is 0 Å². The van der Waals surface area contributed by atoms with Gasteiger partial charge in [0, 0.05) is 52.1 Å². The van der Waals surface area contributed by atoms with Gasteiger partial charge in [0.1, 0.15) is 0 Å². The summed E-state index contributed by atoms with van der Waals surface area (Å²) >= 11 is 0. The molecule has 1 aromatic carbocycles. The molecular formula is C20H36IN5O. The topological polar surface area (TPSA) is 52.1 Å². The van der Waals surface area contributed by atoms with Crippen LogP contribution in [0.5, 0.6) is 0 Å². The maximum absolute atomic E-state index is 5.10. The summed E-state index contributed by atoms with van der Waals surface area (Å²) in [5.41, 5.74) is 2.61. The summed E-state index contributed by atoms with van der Waals surface area (Å²) in [6.07, 6.45) is 2.22. The number of guanidine groups is 1. The molecule has 0 saturated carbocycles. The van der Waals surface area contributed by atoms with Crippen LogP contribution in [0.3, 0.4) is 0 Å². The van der Waals surface area contributed by atoms with Crippen molar-refractivity contribution in [3.63, 3.8) is 0 Å². The summed E-state index contributed by atoms with van der Waals surface area (Å²) in [7, 11) is 5.71. The number of rotatable bonds is 9. The minimum absolute atomic E-state index is 0. The fraction of sp³-hybridized carbons (Fsp3) is 0.650. The molecule has 0 aliphatic carbocycles. The van der Waals surface area contributed by atoms with E-state index in [-0.39, 0.29) is 24.0 Å². The number of aliphatic imine (C=N–C) groups is 1. The first-order valence-electron chi connectivity index (χ1n) is 9.58. The third-order valence-corrected chi connectivity index (χ3v) is 4.84. The van der Waals surface area contributed by atoms with Crippen LogP contribution in [-0.4, -0.2) is 77.4 Å². The van der Waals surface area contributed by atoms with Crippen LogP contribution < -0.4 is 15.5 Å². The molecule has 2 N–H and O–H groups in total. The number of benzene rings is 1. The zero-order chi connectivity index (χ0) is 18.8. The van der Waals surface area contributed by atoms with Crippen LogP contribution in [0.4, 0.5) is 5.69 Å². The predicted octanol–water partition coefficient (Wildman–Crippen LogP) is 2.33. The second-order valence-electron chi connectivity index (χ2n) is 7.06. The SMILES string of the molecule is CN=C(NCCCN(C)CCOC)NC1CCN(c2ccc(C)cc2)C1.I. The van der Waals surface area contributed by atoms with Crippen LogP contribution in [0.15, 0.2) is 29.3 Å². The number of halogens is 1. The first-order chi connectivity index (χ1) is 12.6. The van der Waals surface area contributed by atoms with Gasteiger partial charge >= 0.3 is 0 Å². The van der Waals surface area contributed by atoms with E-state index in [9.17, 15) is 0 Å². The number of aryl methyl sites for hydroxylation is 1. The van der Waals surface area contributed by atoms with Crippen molar-refractivity contribution >= 4 is 35.6 Å². The van der Waals surface area contributed by atoms with Crippen LogP contribution in [0, 0.1) is 6.92 Å². The third-order valence-electron chi connectivity index (χ3n) is 4.84. The van der Waals surface area contributed by atoms with Crippen molar-refractivity contribution in [1.29, 1.82) is 0 Å². The summed E-state index contributed by atoms with van der Waals surface area (Å²) in [6.45, 7) is 7.96. The fourth-order valence-electron chi connectivity index (χ4n) is 3.17. The van der Waals surface area contributed by atoms with E-state index in [2.05, 4.69) is 63.7 Å². The molecule has 1 aliphatic rings. The van der Waals surface area contributed by atoms with Crippen LogP contribution in [0.1, 0.15) is 18.4 Å². The molecule has 2 rings (SSSR count). The molecule has 1 aliphatic heterocycles. The maximum Gasteiger partial charge on any atom is 0.191 e. The van der Waals surface area contributed by atoms with Crippen molar-refractivity contribution in [2.24, 2.45) is 4.99 Å². The van der Waals surface area contributed by atoms with E-state index in [1.807, 2.05) is 7.05 Å². The highest BCUT2D eigenvalue weighted by Gasteiger charge is 2.23. The molecule has 1 atom stereocenters. The third kappa shape index (κ3) is 8.66. The lowest BCUT2D eigenvalue weighted by Crippen LogP contribution is -2.45. The van der Waals surface area contributed by atoms with E-state index in [1.54, 1.807) is 7.11 Å². The second-order valence-corrected chi connectivity index (χ2v) is 7.06. The molecule has 1 aromatic rings. The van der Waals surface area contributed by atoms with Crippen molar-refractivity contribution in [2.45, 2.75) is 25.8 Å². The van der Waals surface area contributed by atoms with Crippen LogP contribution >= 0.6 is 24.0 Å². The van der Waals surface area contributed by atoms with E-state index < -0.39 is 0 Å². The molecule has 154 valence electrons. The van der Waals surface area contributed by atoms with Gasteiger partial charge in [-0.05, 0) is 45.5 Å². The highest BCUT2D eigenvalue weighted by Crippen LogP contribution is 2.20. The molecule has 1 saturated heterocycles. The van der Waals surface area contributed by atoms with Crippen molar-refractivity contribution in [1.82, 2.24) is 15.5 Å². The average molecular weight is 489 g/mol. The lowest BCUT2D eigenvalue weighted by molar-refractivity contribution is 0.161. The molecular weight excluding hydrogens is 453 g/mol. The number of likely N-dealkylation sites (N-methyl/N-ethyl adjacent to an activating group) is 1. The number of nitrogens with zero attached hydrogens (tertiary/aromatic N) is 3. The van der Waals surface area contributed by atoms with Gasteiger partial charge in [0.05, 0.1) is 6.61 Å². The Kier molecular flexibility index (Phi) is 11.7. The van der Waals surface area contributed by atoms with Crippen LogP contribution in [-0.2, 0) is 4.74 Å². The first kappa shape index (κ1) is 24.0. The zero-order valence-corrected chi connectivity index (χ0v) is 19.5. The lowest BCUT2D eigenvalue weighted by atomic mass is 10.2. The first-order valence-corrected chi connectivity index (χ1v) is 9.58. The molecule has 7 heteroatoms. The molecule has 0 aromatic heterocycles. The lowest BCUT2D eigenvalue weighted by Gasteiger charge is -2.21.